The summed E-state index contributed by atoms with van der Waals surface area (Å²) in [6, 6.07) is 17.2. The van der Waals surface area contributed by atoms with Crippen LogP contribution in [0.25, 0.3) is 10.9 Å². The second-order valence-electron chi connectivity index (χ2n) is 4.95. The molecule has 4 nitrogen and oxygen atoms in total. The Balaban J connectivity index is 1.75. The van der Waals surface area contributed by atoms with E-state index in [0.717, 1.165) is 16.5 Å². The van der Waals surface area contributed by atoms with Gasteiger partial charge in [0.15, 0.2) is 0 Å². The van der Waals surface area contributed by atoms with Gasteiger partial charge in [-0.25, -0.2) is 0 Å². The number of nitrogens with one attached hydrogen (secondary N) is 1. The molecule has 1 amide bonds. The molecular weight excluding hydrogens is 276 g/mol. The molecule has 22 heavy (non-hydrogen) atoms. The van der Waals surface area contributed by atoms with Gasteiger partial charge in [0, 0.05) is 10.9 Å². The number of ether oxygens (including phenoxy) is 1. The molecule has 0 fully saturated rings. The monoisotopic (exact) mass is 292 g/mol. The van der Waals surface area contributed by atoms with E-state index in [9.17, 15) is 4.79 Å². The van der Waals surface area contributed by atoms with Crippen molar-refractivity contribution in [2.45, 2.75) is 6.42 Å². The van der Waals surface area contributed by atoms with Crippen LogP contribution in [0.4, 0.5) is 5.69 Å². The molecule has 0 radical (unpaired) electrons. The van der Waals surface area contributed by atoms with Gasteiger partial charge in [-0.3, -0.25) is 9.78 Å². The van der Waals surface area contributed by atoms with E-state index in [1.54, 1.807) is 13.3 Å². The van der Waals surface area contributed by atoms with Gasteiger partial charge in [-0.05, 0) is 18.2 Å². The molecule has 3 rings (SSSR count). The molecule has 1 heterocycles. The van der Waals surface area contributed by atoms with Crippen LogP contribution in [0.5, 0.6) is 5.75 Å². The summed E-state index contributed by atoms with van der Waals surface area (Å²) in [7, 11) is 1.60. The van der Waals surface area contributed by atoms with Gasteiger partial charge in [0.05, 0.1) is 30.9 Å². The lowest BCUT2D eigenvalue weighted by Gasteiger charge is -2.09. The molecule has 0 aliphatic rings. The van der Waals surface area contributed by atoms with Gasteiger partial charge in [-0.15, -0.1) is 0 Å². The standard InChI is InChI=1S/C18H16N2O2/c1-22-17-9-5-3-7-14(17)11-18(21)20-15-10-13-6-2-4-8-16(13)19-12-15/h2-10,12H,11H2,1H3,(H,20,21). The molecule has 0 aliphatic heterocycles. The molecule has 1 N–H and O–H groups in total. The number of pyridine rings is 1. The molecule has 0 atom stereocenters. The van der Waals surface area contributed by atoms with E-state index in [0.29, 0.717) is 11.4 Å². The summed E-state index contributed by atoms with van der Waals surface area (Å²) in [5, 5.41) is 3.87. The summed E-state index contributed by atoms with van der Waals surface area (Å²) < 4.78 is 5.26. The zero-order valence-electron chi connectivity index (χ0n) is 12.2. The zero-order chi connectivity index (χ0) is 15.4. The third-order valence-corrected chi connectivity index (χ3v) is 3.42. The normalized spacial score (nSPS) is 10.4. The predicted octanol–water partition coefficient (Wildman–Crippen LogP) is 3.42. The third-order valence-electron chi connectivity index (χ3n) is 3.42. The maximum absolute atomic E-state index is 12.2. The quantitative estimate of drug-likeness (QED) is 0.801. The summed E-state index contributed by atoms with van der Waals surface area (Å²) in [5.74, 6) is 0.621. The lowest BCUT2D eigenvalue weighted by atomic mass is 10.1. The van der Waals surface area contributed by atoms with Crippen molar-refractivity contribution >= 4 is 22.5 Å². The van der Waals surface area contributed by atoms with Crippen molar-refractivity contribution in [3.8, 4) is 5.75 Å². The highest BCUT2D eigenvalue weighted by atomic mass is 16.5. The summed E-state index contributed by atoms with van der Waals surface area (Å²) in [4.78, 5) is 16.5. The lowest BCUT2D eigenvalue weighted by Crippen LogP contribution is -2.15. The molecule has 0 bridgehead atoms. The Morgan fingerprint density at radius 2 is 1.91 bits per heavy atom. The van der Waals surface area contributed by atoms with E-state index in [1.165, 1.54) is 0 Å². The van der Waals surface area contributed by atoms with Gasteiger partial charge >= 0.3 is 0 Å². The van der Waals surface area contributed by atoms with Crippen LogP contribution in [0, 0.1) is 0 Å². The third kappa shape index (κ3) is 3.06. The van der Waals surface area contributed by atoms with Crippen molar-refractivity contribution in [2.24, 2.45) is 0 Å². The first-order valence-electron chi connectivity index (χ1n) is 7.03. The van der Waals surface area contributed by atoms with Crippen LogP contribution < -0.4 is 10.1 Å². The van der Waals surface area contributed by atoms with Gasteiger partial charge in [0.25, 0.3) is 0 Å². The average Bonchev–Trinajstić information content (AvgIpc) is 2.55. The highest BCUT2D eigenvalue weighted by Gasteiger charge is 2.09. The van der Waals surface area contributed by atoms with Crippen LogP contribution in [-0.2, 0) is 11.2 Å². The van der Waals surface area contributed by atoms with E-state index in [-0.39, 0.29) is 12.3 Å². The number of rotatable bonds is 4. The van der Waals surface area contributed by atoms with Gasteiger partial charge in [-0.1, -0.05) is 36.4 Å². The second-order valence-corrected chi connectivity index (χ2v) is 4.95. The molecule has 0 aliphatic carbocycles. The SMILES string of the molecule is COc1ccccc1CC(=O)Nc1cnc2ccccc2c1. The van der Waals surface area contributed by atoms with Crippen molar-refractivity contribution in [1.29, 1.82) is 0 Å². The number of aromatic nitrogens is 1. The van der Waals surface area contributed by atoms with Crippen molar-refractivity contribution < 1.29 is 9.53 Å². The topological polar surface area (TPSA) is 51.2 Å². The molecule has 110 valence electrons. The minimum Gasteiger partial charge on any atom is -0.496 e. The molecule has 0 spiro atoms. The number of fused-ring (bicyclic) bond motifs is 1. The maximum Gasteiger partial charge on any atom is 0.228 e. The van der Waals surface area contributed by atoms with E-state index in [2.05, 4.69) is 10.3 Å². The summed E-state index contributed by atoms with van der Waals surface area (Å²) >= 11 is 0. The Morgan fingerprint density at radius 1 is 1.14 bits per heavy atom. The first-order chi connectivity index (χ1) is 10.8. The van der Waals surface area contributed by atoms with Crippen molar-refractivity contribution in [3.63, 3.8) is 0 Å². The van der Waals surface area contributed by atoms with Crippen LogP contribution in [0.3, 0.4) is 0 Å². The van der Waals surface area contributed by atoms with Crippen LogP contribution in [-0.4, -0.2) is 18.0 Å². The number of hydrogen-bond donors (Lipinski definition) is 1. The van der Waals surface area contributed by atoms with Gasteiger partial charge in [0.2, 0.25) is 5.91 Å². The summed E-state index contributed by atoms with van der Waals surface area (Å²) in [6.45, 7) is 0. The number of methoxy groups -OCH3 is 1. The molecule has 0 unspecified atom stereocenters. The van der Waals surface area contributed by atoms with E-state index >= 15 is 0 Å². The Hall–Kier alpha value is -2.88. The molecule has 3 aromatic rings. The Morgan fingerprint density at radius 3 is 2.77 bits per heavy atom. The minimum atomic E-state index is -0.0958. The highest BCUT2D eigenvalue weighted by Crippen LogP contribution is 2.19. The Labute approximate surface area is 128 Å². The lowest BCUT2D eigenvalue weighted by molar-refractivity contribution is -0.115. The van der Waals surface area contributed by atoms with E-state index in [4.69, 9.17) is 4.74 Å². The summed E-state index contributed by atoms with van der Waals surface area (Å²) in [5.41, 5.74) is 2.46. The zero-order valence-corrected chi connectivity index (χ0v) is 12.2. The number of nitrogens with zero attached hydrogens (tertiary/aromatic N) is 1. The first kappa shape index (κ1) is 14.1. The first-order valence-corrected chi connectivity index (χ1v) is 7.03. The second kappa shape index (κ2) is 6.26. The number of hydrogen-bond acceptors (Lipinski definition) is 3. The van der Waals surface area contributed by atoms with Crippen LogP contribution in [0.2, 0.25) is 0 Å². The van der Waals surface area contributed by atoms with E-state index in [1.807, 2.05) is 54.6 Å². The molecule has 4 heteroatoms. The number of carbonyl (C=O) groups is 1. The number of carbonyl (C=O) groups excluding carboxylic acids is 1. The number of amides is 1. The Bertz CT molecular complexity index is 815. The highest BCUT2D eigenvalue weighted by molar-refractivity contribution is 5.94. The maximum atomic E-state index is 12.2. The number of para-hydroxylation sites is 2. The fourth-order valence-corrected chi connectivity index (χ4v) is 2.37. The Kier molecular flexibility index (Phi) is 4.01. The number of anilines is 1. The smallest absolute Gasteiger partial charge is 0.228 e. The fraction of sp³-hybridized carbons (Fsp3) is 0.111. The van der Waals surface area contributed by atoms with Gasteiger partial charge in [-0.2, -0.15) is 0 Å². The molecule has 0 saturated carbocycles. The molecular formula is C18H16N2O2. The molecule has 1 aromatic heterocycles. The van der Waals surface area contributed by atoms with Crippen LogP contribution >= 0.6 is 0 Å². The van der Waals surface area contributed by atoms with Gasteiger partial charge < -0.3 is 10.1 Å². The number of benzene rings is 2. The molecule has 0 saturated heterocycles. The van der Waals surface area contributed by atoms with Crippen LogP contribution in [0.15, 0.2) is 60.8 Å². The largest absolute Gasteiger partial charge is 0.496 e. The van der Waals surface area contributed by atoms with E-state index < -0.39 is 0 Å². The summed E-state index contributed by atoms with van der Waals surface area (Å²) in [6.07, 6.45) is 1.93. The van der Waals surface area contributed by atoms with Gasteiger partial charge in [0.1, 0.15) is 5.75 Å². The van der Waals surface area contributed by atoms with Crippen molar-refractivity contribution in [2.75, 3.05) is 12.4 Å². The average molecular weight is 292 g/mol. The van der Waals surface area contributed by atoms with Crippen molar-refractivity contribution in [3.05, 3.63) is 66.4 Å². The predicted molar refractivity (Wildman–Crippen MR) is 87.1 cm³/mol. The molecule has 2 aromatic carbocycles. The van der Waals surface area contributed by atoms with Crippen molar-refractivity contribution in [1.82, 2.24) is 4.98 Å². The minimum absolute atomic E-state index is 0.0958. The van der Waals surface area contributed by atoms with Crippen LogP contribution in [0.1, 0.15) is 5.56 Å². The fourth-order valence-electron chi connectivity index (χ4n) is 2.37.